The third-order valence-electron chi connectivity index (χ3n) is 5.93. The van der Waals surface area contributed by atoms with E-state index in [1.165, 1.54) is 0 Å². The van der Waals surface area contributed by atoms with Crippen molar-refractivity contribution in [1.82, 2.24) is 10.2 Å². The molecule has 8 nitrogen and oxygen atoms in total. The maximum Gasteiger partial charge on any atom is 0.254 e. The van der Waals surface area contributed by atoms with Crippen LogP contribution in [0.3, 0.4) is 0 Å². The van der Waals surface area contributed by atoms with E-state index < -0.39 is 5.92 Å². The Morgan fingerprint density at radius 2 is 1.73 bits per heavy atom. The summed E-state index contributed by atoms with van der Waals surface area (Å²) in [6.07, 6.45) is 0.720. The van der Waals surface area contributed by atoms with Gasteiger partial charge in [-0.05, 0) is 30.7 Å². The van der Waals surface area contributed by atoms with Crippen molar-refractivity contribution in [2.45, 2.75) is 12.3 Å². The molecule has 8 heteroatoms. The van der Waals surface area contributed by atoms with E-state index in [-0.39, 0.29) is 17.7 Å². The molecule has 3 rings (SSSR count). The summed E-state index contributed by atoms with van der Waals surface area (Å²) in [6, 6.07) is 12.6. The van der Waals surface area contributed by atoms with Gasteiger partial charge in [0.1, 0.15) is 17.2 Å². The molecule has 178 valence electrons. The first kappa shape index (κ1) is 24.4. The van der Waals surface area contributed by atoms with Crippen molar-refractivity contribution in [3.63, 3.8) is 0 Å². The van der Waals surface area contributed by atoms with Gasteiger partial charge < -0.3 is 29.2 Å². The average molecular weight is 457 g/mol. The Morgan fingerprint density at radius 1 is 0.970 bits per heavy atom. The summed E-state index contributed by atoms with van der Waals surface area (Å²) in [7, 11) is 6.38. The van der Waals surface area contributed by atoms with Gasteiger partial charge in [0.05, 0.1) is 27.2 Å². The summed E-state index contributed by atoms with van der Waals surface area (Å²) in [5.41, 5.74) is 1.40. The average Bonchev–Trinajstić information content (AvgIpc) is 3.31. The zero-order valence-electron chi connectivity index (χ0n) is 19.6. The molecule has 1 aliphatic rings. The van der Waals surface area contributed by atoms with Crippen LogP contribution in [0.4, 0.5) is 0 Å². The third kappa shape index (κ3) is 5.76. The monoisotopic (exact) mass is 456 g/mol. The quantitative estimate of drug-likeness (QED) is 0.554. The lowest BCUT2D eigenvalue weighted by Crippen LogP contribution is -2.36. The summed E-state index contributed by atoms with van der Waals surface area (Å²) in [5.74, 6) is 1.05. The Labute approximate surface area is 194 Å². The summed E-state index contributed by atoms with van der Waals surface area (Å²) in [4.78, 5) is 28.2. The number of methoxy groups -OCH3 is 4. The van der Waals surface area contributed by atoms with Crippen molar-refractivity contribution in [1.29, 1.82) is 0 Å². The van der Waals surface area contributed by atoms with Gasteiger partial charge in [-0.1, -0.05) is 12.1 Å². The molecule has 2 aromatic carbocycles. The van der Waals surface area contributed by atoms with Crippen LogP contribution in [0.1, 0.15) is 28.3 Å². The third-order valence-corrected chi connectivity index (χ3v) is 5.93. The largest absolute Gasteiger partial charge is 0.497 e. The van der Waals surface area contributed by atoms with Crippen LogP contribution in [-0.2, 0) is 9.53 Å². The first-order valence-corrected chi connectivity index (χ1v) is 10.9. The molecule has 0 spiro atoms. The lowest BCUT2D eigenvalue weighted by Gasteiger charge is -2.21. The second-order valence-corrected chi connectivity index (χ2v) is 7.90. The van der Waals surface area contributed by atoms with Crippen molar-refractivity contribution < 1.29 is 28.5 Å². The van der Waals surface area contributed by atoms with Gasteiger partial charge in [-0.25, -0.2) is 0 Å². The predicted molar refractivity (Wildman–Crippen MR) is 124 cm³/mol. The molecule has 1 heterocycles. The Morgan fingerprint density at radius 3 is 2.42 bits per heavy atom. The molecule has 0 radical (unpaired) electrons. The van der Waals surface area contributed by atoms with E-state index in [0.29, 0.717) is 49.1 Å². The molecule has 1 saturated heterocycles. The first-order valence-electron chi connectivity index (χ1n) is 10.9. The number of nitrogens with zero attached hydrogens (tertiary/aromatic N) is 1. The number of ether oxygens (including phenoxy) is 4. The Kier molecular flexibility index (Phi) is 8.54. The first-order chi connectivity index (χ1) is 16.0. The number of benzene rings is 2. The van der Waals surface area contributed by atoms with Crippen LogP contribution in [0.2, 0.25) is 0 Å². The van der Waals surface area contributed by atoms with E-state index >= 15 is 0 Å². The number of hydrogen-bond donors (Lipinski definition) is 1. The number of nitrogens with one attached hydrogen (secondary N) is 1. The van der Waals surface area contributed by atoms with Gasteiger partial charge in [0.15, 0.2) is 0 Å². The number of rotatable bonds is 10. The van der Waals surface area contributed by atoms with Crippen LogP contribution in [0.15, 0.2) is 42.5 Å². The molecule has 2 aromatic rings. The second kappa shape index (κ2) is 11.6. The number of amides is 2. The van der Waals surface area contributed by atoms with Gasteiger partial charge in [-0.15, -0.1) is 0 Å². The van der Waals surface area contributed by atoms with Crippen LogP contribution in [0.25, 0.3) is 0 Å². The molecule has 2 amide bonds. The standard InChI is InChI=1S/C25H32N2O6/c1-30-12-6-11-26-24(28)22-16-27(25(29)17-7-5-8-18(13-17)31-2)15-21(22)20-10-9-19(32-3)14-23(20)33-4/h5,7-10,13-14,21-22H,6,11-12,15-16H2,1-4H3,(H,26,28). The molecule has 0 aliphatic carbocycles. The number of likely N-dealkylation sites (tertiary alicyclic amines) is 1. The van der Waals surface area contributed by atoms with E-state index in [4.69, 9.17) is 18.9 Å². The van der Waals surface area contributed by atoms with E-state index in [0.717, 1.165) is 12.0 Å². The van der Waals surface area contributed by atoms with Crippen LogP contribution in [0, 0.1) is 5.92 Å². The number of carbonyl (C=O) groups is 2. The van der Waals surface area contributed by atoms with E-state index in [1.54, 1.807) is 63.7 Å². The maximum absolute atomic E-state index is 13.3. The molecule has 0 bridgehead atoms. The van der Waals surface area contributed by atoms with Gasteiger partial charge in [0.25, 0.3) is 5.91 Å². The van der Waals surface area contributed by atoms with Gasteiger partial charge >= 0.3 is 0 Å². The van der Waals surface area contributed by atoms with Crippen LogP contribution in [0.5, 0.6) is 17.2 Å². The van der Waals surface area contributed by atoms with Crippen molar-refractivity contribution in [2.24, 2.45) is 5.92 Å². The van der Waals surface area contributed by atoms with E-state index in [2.05, 4.69) is 5.32 Å². The molecule has 0 saturated carbocycles. The van der Waals surface area contributed by atoms with E-state index in [9.17, 15) is 9.59 Å². The maximum atomic E-state index is 13.3. The Hall–Kier alpha value is -3.26. The summed E-state index contributed by atoms with van der Waals surface area (Å²) < 4.78 is 21.2. The molecular weight excluding hydrogens is 424 g/mol. The normalized spacial score (nSPS) is 17.5. The number of carbonyl (C=O) groups excluding carboxylic acids is 2. The fraction of sp³-hybridized carbons (Fsp3) is 0.440. The van der Waals surface area contributed by atoms with Gasteiger partial charge in [-0.3, -0.25) is 9.59 Å². The van der Waals surface area contributed by atoms with Gasteiger partial charge in [0.2, 0.25) is 5.91 Å². The lowest BCUT2D eigenvalue weighted by atomic mass is 9.87. The minimum Gasteiger partial charge on any atom is -0.497 e. The van der Waals surface area contributed by atoms with Crippen molar-refractivity contribution in [3.8, 4) is 17.2 Å². The highest BCUT2D eigenvalue weighted by molar-refractivity contribution is 5.95. The molecular formula is C25H32N2O6. The molecule has 2 unspecified atom stereocenters. The second-order valence-electron chi connectivity index (χ2n) is 7.90. The lowest BCUT2D eigenvalue weighted by molar-refractivity contribution is -0.125. The summed E-state index contributed by atoms with van der Waals surface area (Å²) in [6.45, 7) is 1.79. The van der Waals surface area contributed by atoms with Crippen molar-refractivity contribution in [2.75, 3.05) is 54.7 Å². The van der Waals surface area contributed by atoms with Crippen molar-refractivity contribution >= 4 is 11.8 Å². The van der Waals surface area contributed by atoms with Crippen LogP contribution in [-0.4, -0.2) is 71.4 Å². The minimum absolute atomic E-state index is 0.0880. The van der Waals surface area contributed by atoms with Gasteiger partial charge in [-0.2, -0.15) is 0 Å². The highest BCUT2D eigenvalue weighted by atomic mass is 16.5. The highest BCUT2D eigenvalue weighted by Crippen LogP contribution is 2.39. The molecule has 2 atom stereocenters. The molecule has 33 heavy (non-hydrogen) atoms. The van der Waals surface area contributed by atoms with Crippen molar-refractivity contribution in [3.05, 3.63) is 53.6 Å². The SMILES string of the molecule is COCCCNC(=O)C1CN(C(=O)c2cccc(OC)c2)CC1c1ccc(OC)cc1OC. The molecule has 0 aromatic heterocycles. The van der Waals surface area contributed by atoms with Crippen LogP contribution >= 0.6 is 0 Å². The zero-order valence-corrected chi connectivity index (χ0v) is 19.6. The summed E-state index contributed by atoms with van der Waals surface area (Å²) >= 11 is 0. The molecule has 1 aliphatic heterocycles. The fourth-order valence-corrected chi connectivity index (χ4v) is 4.17. The fourth-order valence-electron chi connectivity index (χ4n) is 4.17. The highest BCUT2D eigenvalue weighted by Gasteiger charge is 2.41. The zero-order chi connectivity index (χ0) is 23.8. The molecule has 1 N–H and O–H groups in total. The Bertz CT molecular complexity index is 964. The number of hydrogen-bond acceptors (Lipinski definition) is 6. The van der Waals surface area contributed by atoms with Crippen LogP contribution < -0.4 is 19.5 Å². The minimum atomic E-state index is -0.413. The molecule has 1 fully saturated rings. The summed E-state index contributed by atoms with van der Waals surface area (Å²) in [5, 5.41) is 2.99. The van der Waals surface area contributed by atoms with Gasteiger partial charge in [0, 0.05) is 56.5 Å². The predicted octanol–water partition coefficient (Wildman–Crippen LogP) is 2.72. The van der Waals surface area contributed by atoms with E-state index in [1.807, 2.05) is 12.1 Å². The smallest absolute Gasteiger partial charge is 0.254 e. The topological polar surface area (TPSA) is 86.3 Å². The Balaban J connectivity index is 1.88.